The Hall–Kier alpha value is -2.73. The molecule has 0 bridgehead atoms. The second-order valence-corrected chi connectivity index (χ2v) is 7.45. The van der Waals surface area contributed by atoms with Crippen LogP contribution in [-0.2, 0) is 16.0 Å². The molecule has 1 aromatic carbocycles. The molecule has 0 spiro atoms. The minimum atomic E-state index is -0.888. The second kappa shape index (κ2) is 15.1. The van der Waals surface area contributed by atoms with Crippen molar-refractivity contribution in [3.63, 3.8) is 0 Å². The number of aryl methyl sites for hydroxylation is 1. The Labute approximate surface area is 185 Å². The highest BCUT2D eigenvalue weighted by molar-refractivity contribution is 5.79. The summed E-state index contributed by atoms with van der Waals surface area (Å²) in [6.45, 7) is 4.44. The number of unbranched alkanes of at least 4 members (excludes halogenated alkanes) is 4. The Morgan fingerprint density at radius 1 is 0.968 bits per heavy atom. The van der Waals surface area contributed by atoms with Gasteiger partial charge in [0.05, 0.1) is 19.0 Å². The minimum absolute atomic E-state index is 0.640. The SMILES string of the molecule is CCCCOCCCCOc1cnc(-c2ccc(CCCC/C=C/C(=O)O)cc2)nc1. The number of carboxylic acid groups (broad SMARTS) is 1. The Balaban J connectivity index is 1.67. The van der Waals surface area contributed by atoms with E-state index in [4.69, 9.17) is 14.6 Å². The summed E-state index contributed by atoms with van der Waals surface area (Å²) in [4.78, 5) is 19.3. The molecule has 0 aliphatic carbocycles. The number of aliphatic carboxylic acids is 1. The molecule has 0 fully saturated rings. The van der Waals surface area contributed by atoms with E-state index >= 15 is 0 Å². The monoisotopic (exact) mass is 426 g/mol. The zero-order valence-electron chi connectivity index (χ0n) is 18.5. The zero-order chi connectivity index (χ0) is 22.2. The molecule has 0 radical (unpaired) electrons. The highest BCUT2D eigenvalue weighted by Crippen LogP contribution is 2.18. The van der Waals surface area contributed by atoms with Gasteiger partial charge >= 0.3 is 5.97 Å². The average molecular weight is 427 g/mol. The van der Waals surface area contributed by atoms with Crippen molar-refractivity contribution >= 4 is 5.97 Å². The molecular formula is C25H34N2O4. The number of hydrogen-bond acceptors (Lipinski definition) is 5. The standard InChI is InChI=1S/C25H34N2O4/c1-2-3-16-30-17-8-9-18-31-23-19-26-25(27-20-23)22-14-12-21(13-15-22)10-6-4-5-7-11-24(28)29/h7,11-15,19-20H,2-6,8-10,16-18H2,1H3,(H,28,29)/b11-7+. The molecule has 6 heteroatoms. The van der Waals surface area contributed by atoms with E-state index in [1.165, 1.54) is 18.1 Å². The van der Waals surface area contributed by atoms with Gasteiger partial charge in [0.2, 0.25) is 0 Å². The first-order chi connectivity index (χ1) is 15.2. The van der Waals surface area contributed by atoms with Gasteiger partial charge in [-0.3, -0.25) is 0 Å². The van der Waals surface area contributed by atoms with Crippen LogP contribution in [0.15, 0.2) is 48.8 Å². The van der Waals surface area contributed by atoms with E-state index in [0.29, 0.717) is 18.2 Å². The molecule has 1 N–H and O–H groups in total. The minimum Gasteiger partial charge on any atom is -0.490 e. The van der Waals surface area contributed by atoms with Crippen molar-refractivity contribution in [1.82, 2.24) is 9.97 Å². The molecule has 168 valence electrons. The summed E-state index contributed by atoms with van der Waals surface area (Å²) in [7, 11) is 0. The summed E-state index contributed by atoms with van der Waals surface area (Å²) in [5, 5.41) is 8.56. The van der Waals surface area contributed by atoms with E-state index in [2.05, 4.69) is 29.0 Å². The van der Waals surface area contributed by atoms with Crippen molar-refractivity contribution in [2.75, 3.05) is 19.8 Å². The predicted molar refractivity (Wildman–Crippen MR) is 122 cm³/mol. The molecule has 0 aliphatic rings. The van der Waals surface area contributed by atoms with Crippen LogP contribution in [0.5, 0.6) is 5.75 Å². The van der Waals surface area contributed by atoms with Gasteiger partial charge in [-0.25, -0.2) is 14.8 Å². The highest BCUT2D eigenvalue weighted by atomic mass is 16.5. The lowest BCUT2D eigenvalue weighted by atomic mass is 10.0. The third kappa shape index (κ3) is 10.7. The number of hydrogen-bond donors (Lipinski definition) is 1. The van der Waals surface area contributed by atoms with Crippen LogP contribution in [-0.4, -0.2) is 40.9 Å². The van der Waals surface area contributed by atoms with E-state index in [1.807, 2.05) is 12.1 Å². The first kappa shape index (κ1) is 24.5. The first-order valence-electron chi connectivity index (χ1n) is 11.2. The van der Waals surface area contributed by atoms with Crippen molar-refractivity contribution in [1.29, 1.82) is 0 Å². The summed E-state index contributed by atoms with van der Waals surface area (Å²) >= 11 is 0. The molecule has 0 saturated carbocycles. The van der Waals surface area contributed by atoms with Gasteiger partial charge in [0.25, 0.3) is 0 Å². The quantitative estimate of drug-likeness (QED) is 0.283. The van der Waals surface area contributed by atoms with Crippen LogP contribution in [0.2, 0.25) is 0 Å². The predicted octanol–water partition coefficient (Wildman–Crippen LogP) is 5.47. The lowest BCUT2D eigenvalue weighted by Gasteiger charge is -2.07. The van der Waals surface area contributed by atoms with E-state index in [-0.39, 0.29) is 0 Å². The van der Waals surface area contributed by atoms with Gasteiger partial charge in [-0.15, -0.1) is 0 Å². The van der Waals surface area contributed by atoms with Gasteiger partial charge in [0, 0.05) is 24.9 Å². The molecule has 0 saturated heterocycles. The lowest BCUT2D eigenvalue weighted by molar-refractivity contribution is -0.131. The molecular weight excluding hydrogens is 392 g/mol. The number of rotatable bonds is 16. The fourth-order valence-corrected chi connectivity index (χ4v) is 2.98. The van der Waals surface area contributed by atoms with Crippen LogP contribution in [0.3, 0.4) is 0 Å². The molecule has 6 nitrogen and oxygen atoms in total. The third-order valence-corrected chi connectivity index (χ3v) is 4.78. The van der Waals surface area contributed by atoms with Crippen LogP contribution < -0.4 is 4.74 Å². The van der Waals surface area contributed by atoms with E-state index < -0.39 is 5.97 Å². The fraction of sp³-hybridized carbons (Fsp3) is 0.480. The number of allylic oxidation sites excluding steroid dienone is 1. The maximum atomic E-state index is 10.4. The maximum Gasteiger partial charge on any atom is 0.327 e. The summed E-state index contributed by atoms with van der Waals surface area (Å²) in [5.41, 5.74) is 2.23. The van der Waals surface area contributed by atoms with Gasteiger partial charge in [-0.2, -0.15) is 0 Å². The number of carboxylic acids is 1. The Bertz CT molecular complexity index is 773. The maximum absolute atomic E-state index is 10.4. The Morgan fingerprint density at radius 2 is 1.68 bits per heavy atom. The van der Waals surface area contributed by atoms with E-state index in [0.717, 1.165) is 63.7 Å². The molecule has 1 aromatic heterocycles. The summed E-state index contributed by atoms with van der Waals surface area (Å²) in [5.74, 6) is 0.479. The van der Waals surface area contributed by atoms with Crippen LogP contribution >= 0.6 is 0 Å². The van der Waals surface area contributed by atoms with Gasteiger partial charge in [0.1, 0.15) is 0 Å². The second-order valence-electron chi connectivity index (χ2n) is 7.45. The van der Waals surface area contributed by atoms with Gasteiger partial charge in [0.15, 0.2) is 11.6 Å². The van der Waals surface area contributed by atoms with Crippen molar-refractivity contribution in [2.24, 2.45) is 0 Å². The van der Waals surface area contributed by atoms with E-state index in [1.54, 1.807) is 18.5 Å². The first-order valence-corrected chi connectivity index (χ1v) is 11.2. The van der Waals surface area contributed by atoms with Gasteiger partial charge in [-0.05, 0) is 50.5 Å². The lowest BCUT2D eigenvalue weighted by Crippen LogP contribution is -2.02. The molecule has 0 aliphatic heterocycles. The summed E-state index contributed by atoms with van der Waals surface area (Å²) in [6.07, 6.45) is 14.3. The van der Waals surface area contributed by atoms with Crippen LogP contribution in [0, 0.1) is 0 Å². The number of ether oxygens (including phenoxy) is 2. The van der Waals surface area contributed by atoms with Crippen molar-refractivity contribution in [2.45, 2.75) is 58.3 Å². The van der Waals surface area contributed by atoms with Crippen molar-refractivity contribution in [3.8, 4) is 17.1 Å². The number of carbonyl (C=O) groups is 1. The van der Waals surface area contributed by atoms with Crippen LogP contribution in [0.4, 0.5) is 0 Å². The largest absolute Gasteiger partial charge is 0.490 e. The number of aromatic nitrogens is 2. The molecule has 0 amide bonds. The number of nitrogens with zero attached hydrogens (tertiary/aromatic N) is 2. The summed E-state index contributed by atoms with van der Waals surface area (Å²) in [6, 6.07) is 8.26. The van der Waals surface area contributed by atoms with Crippen LogP contribution in [0.1, 0.15) is 57.4 Å². The molecule has 0 unspecified atom stereocenters. The molecule has 31 heavy (non-hydrogen) atoms. The smallest absolute Gasteiger partial charge is 0.327 e. The topological polar surface area (TPSA) is 81.5 Å². The molecule has 2 aromatic rings. The van der Waals surface area contributed by atoms with Crippen molar-refractivity contribution in [3.05, 3.63) is 54.4 Å². The summed E-state index contributed by atoms with van der Waals surface area (Å²) < 4.78 is 11.3. The average Bonchev–Trinajstić information content (AvgIpc) is 2.78. The van der Waals surface area contributed by atoms with Crippen LogP contribution in [0.25, 0.3) is 11.4 Å². The fourth-order valence-electron chi connectivity index (χ4n) is 2.98. The molecule has 2 rings (SSSR count). The molecule has 0 atom stereocenters. The normalized spacial score (nSPS) is 11.1. The zero-order valence-corrected chi connectivity index (χ0v) is 18.5. The van der Waals surface area contributed by atoms with Crippen molar-refractivity contribution < 1.29 is 19.4 Å². The highest BCUT2D eigenvalue weighted by Gasteiger charge is 2.03. The van der Waals surface area contributed by atoms with E-state index in [9.17, 15) is 4.79 Å². The third-order valence-electron chi connectivity index (χ3n) is 4.78. The Kier molecular flexibility index (Phi) is 12.0. The molecule has 1 heterocycles. The van der Waals surface area contributed by atoms with Gasteiger partial charge in [-0.1, -0.05) is 43.7 Å². The Morgan fingerprint density at radius 3 is 2.39 bits per heavy atom. The van der Waals surface area contributed by atoms with Gasteiger partial charge < -0.3 is 14.6 Å². The number of benzene rings is 1.